The second kappa shape index (κ2) is 10.7. The molecule has 6 rings (SSSR count). The molecule has 1 spiro atoms. The lowest BCUT2D eigenvalue weighted by molar-refractivity contribution is -0.120. The van der Waals surface area contributed by atoms with Gasteiger partial charge in [0.15, 0.2) is 0 Å². The number of hydrogen-bond donors (Lipinski definition) is 2. The molecule has 0 saturated carbocycles. The maximum absolute atomic E-state index is 13.2. The Balaban J connectivity index is 1.10. The maximum Gasteiger partial charge on any atom is 0.291 e. The lowest BCUT2D eigenvalue weighted by Crippen LogP contribution is -2.49. The first kappa shape index (κ1) is 25.4. The largest absolute Gasteiger partial charge is 0.489 e. The molecular formula is C29H34N6O4. The third kappa shape index (κ3) is 5.34. The van der Waals surface area contributed by atoms with E-state index in [1.54, 1.807) is 11.9 Å². The highest BCUT2D eigenvalue weighted by atomic mass is 16.5. The van der Waals surface area contributed by atoms with E-state index in [1.807, 2.05) is 42.5 Å². The average molecular weight is 531 g/mol. The van der Waals surface area contributed by atoms with Gasteiger partial charge in [0, 0.05) is 51.5 Å². The average Bonchev–Trinajstić information content (AvgIpc) is 3.40. The molecule has 3 aliphatic rings. The first-order valence-corrected chi connectivity index (χ1v) is 13.6. The zero-order chi connectivity index (χ0) is 26.8. The first-order chi connectivity index (χ1) is 19.0. The molecule has 10 heteroatoms. The molecule has 204 valence electrons. The topological polar surface area (TPSA) is 113 Å². The van der Waals surface area contributed by atoms with Gasteiger partial charge in [-0.1, -0.05) is 30.3 Å². The van der Waals surface area contributed by atoms with Gasteiger partial charge in [0.25, 0.3) is 11.8 Å². The number of aromatic nitrogens is 3. The van der Waals surface area contributed by atoms with Crippen molar-refractivity contribution in [2.24, 2.45) is 5.41 Å². The number of nitrogens with zero attached hydrogens (tertiary/aromatic N) is 4. The Morgan fingerprint density at radius 3 is 2.64 bits per heavy atom. The van der Waals surface area contributed by atoms with Gasteiger partial charge in [-0.05, 0) is 48.8 Å². The summed E-state index contributed by atoms with van der Waals surface area (Å²) in [6.45, 7) is 3.76. The number of fused-ring (bicyclic) bond motifs is 1. The van der Waals surface area contributed by atoms with Crippen molar-refractivity contribution in [3.05, 3.63) is 65.7 Å². The van der Waals surface area contributed by atoms with Crippen LogP contribution in [0.3, 0.4) is 0 Å². The molecule has 1 atom stereocenters. The highest BCUT2D eigenvalue weighted by Crippen LogP contribution is 2.42. The van der Waals surface area contributed by atoms with E-state index in [9.17, 15) is 9.59 Å². The molecule has 3 aromatic rings. The van der Waals surface area contributed by atoms with Crippen LogP contribution in [0.2, 0.25) is 0 Å². The highest BCUT2D eigenvalue weighted by molar-refractivity contribution is 6.02. The smallest absolute Gasteiger partial charge is 0.291 e. The summed E-state index contributed by atoms with van der Waals surface area (Å²) in [5, 5.41) is 9.63. The Morgan fingerprint density at radius 2 is 1.87 bits per heavy atom. The number of hydrogen-bond acceptors (Lipinski definition) is 7. The van der Waals surface area contributed by atoms with Crippen molar-refractivity contribution >= 4 is 23.2 Å². The number of nitrogens with one attached hydrogen (secondary N) is 2. The van der Waals surface area contributed by atoms with Crippen LogP contribution < -0.4 is 19.9 Å². The van der Waals surface area contributed by atoms with Crippen molar-refractivity contribution in [1.82, 2.24) is 20.5 Å². The van der Waals surface area contributed by atoms with Crippen LogP contribution in [0, 0.1) is 5.41 Å². The van der Waals surface area contributed by atoms with Crippen LogP contribution in [0.4, 0.5) is 11.4 Å². The molecule has 0 unspecified atom stereocenters. The number of benzene rings is 2. The fourth-order valence-corrected chi connectivity index (χ4v) is 5.82. The Hall–Kier alpha value is -3.92. The predicted octanol–water partition coefficient (Wildman–Crippen LogP) is 2.95. The number of anilines is 2. The second-order valence-corrected chi connectivity index (χ2v) is 10.8. The maximum atomic E-state index is 13.2. The molecule has 39 heavy (non-hydrogen) atoms. The van der Waals surface area contributed by atoms with Crippen LogP contribution in [0.15, 0.2) is 48.5 Å². The fourth-order valence-electron chi connectivity index (χ4n) is 5.82. The fraction of sp³-hybridized carbons (Fsp3) is 0.448. The van der Waals surface area contributed by atoms with Gasteiger partial charge in [-0.15, -0.1) is 5.10 Å². The molecule has 0 bridgehead atoms. The minimum Gasteiger partial charge on any atom is -0.489 e. The number of carbonyl (C=O) groups excluding carboxylic acids is 2. The summed E-state index contributed by atoms with van der Waals surface area (Å²) in [6, 6.07) is 14.9. The molecular weight excluding hydrogens is 496 g/mol. The third-order valence-electron chi connectivity index (χ3n) is 8.34. The molecule has 2 aromatic carbocycles. The molecule has 4 heterocycles. The highest BCUT2D eigenvalue weighted by Gasteiger charge is 2.37. The van der Waals surface area contributed by atoms with Crippen molar-refractivity contribution < 1.29 is 19.1 Å². The molecule has 2 N–H and O–H groups in total. The molecule has 3 aliphatic heterocycles. The van der Waals surface area contributed by atoms with Crippen molar-refractivity contribution in [3.63, 3.8) is 0 Å². The number of likely N-dealkylation sites (N-methyl/N-ethyl adjacent to an activating group) is 1. The van der Waals surface area contributed by atoms with Crippen LogP contribution in [0.5, 0.6) is 5.75 Å². The van der Waals surface area contributed by atoms with E-state index in [0.29, 0.717) is 29.1 Å². The van der Waals surface area contributed by atoms with E-state index in [-0.39, 0.29) is 18.3 Å². The van der Waals surface area contributed by atoms with E-state index in [2.05, 4.69) is 31.5 Å². The van der Waals surface area contributed by atoms with Crippen molar-refractivity contribution in [2.75, 3.05) is 49.8 Å². The Labute approximate surface area is 227 Å². The molecule has 0 radical (unpaired) electrons. The van der Waals surface area contributed by atoms with Crippen LogP contribution in [0.1, 0.15) is 47.7 Å². The quantitative estimate of drug-likeness (QED) is 0.522. The van der Waals surface area contributed by atoms with Crippen LogP contribution in [0.25, 0.3) is 0 Å². The Bertz CT molecular complexity index is 1330. The summed E-state index contributed by atoms with van der Waals surface area (Å²) >= 11 is 0. The van der Waals surface area contributed by atoms with Gasteiger partial charge >= 0.3 is 0 Å². The number of carbonyl (C=O) groups is 2. The van der Waals surface area contributed by atoms with Gasteiger partial charge in [0.2, 0.25) is 5.82 Å². The molecule has 2 saturated heterocycles. The lowest BCUT2D eigenvalue weighted by Gasteiger charge is -2.44. The molecule has 10 nitrogen and oxygen atoms in total. The Kier molecular flexibility index (Phi) is 6.95. The van der Waals surface area contributed by atoms with Gasteiger partial charge < -0.3 is 24.6 Å². The third-order valence-corrected chi connectivity index (χ3v) is 8.34. The normalized spacial score (nSPS) is 20.7. The summed E-state index contributed by atoms with van der Waals surface area (Å²) in [5.41, 5.74) is 3.24. The van der Waals surface area contributed by atoms with Gasteiger partial charge in [0.1, 0.15) is 24.2 Å². The molecule has 0 aliphatic carbocycles. The van der Waals surface area contributed by atoms with E-state index >= 15 is 0 Å². The summed E-state index contributed by atoms with van der Waals surface area (Å²) in [7, 11) is 1.70. The number of H-pyrrole nitrogens is 1. The van der Waals surface area contributed by atoms with Crippen LogP contribution >= 0.6 is 0 Å². The van der Waals surface area contributed by atoms with Crippen molar-refractivity contribution in [1.29, 1.82) is 0 Å². The summed E-state index contributed by atoms with van der Waals surface area (Å²) in [4.78, 5) is 34.4. The van der Waals surface area contributed by atoms with E-state index in [0.717, 1.165) is 63.2 Å². The summed E-state index contributed by atoms with van der Waals surface area (Å²) in [5.74, 6) is 0.423. The van der Waals surface area contributed by atoms with Crippen LogP contribution in [-0.2, 0) is 16.0 Å². The van der Waals surface area contributed by atoms with E-state index < -0.39 is 11.9 Å². The minimum absolute atomic E-state index is 0.00664. The SMILES string of the molecule is CN1C(=O)[C@@H](NC(=O)c2n[nH]c(Cc3ccccc3)n2)COc2cc(N3CCC4(CCOCC4)CC3)ccc21. The predicted molar refractivity (Wildman–Crippen MR) is 146 cm³/mol. The number of ether oxygens (including phenoxy) is 2. The van der Waals surface area contributed by atoms with E-state index in [1.165, 1.54) is 0 Å². The number of piperidine rings is 1. The Morgan fingerprint density at radius 1 is 1.10 bits per heavy atom. The zero-order valence-electron chi connectivity index (χ0n) is 22.2. The molecule has 2 amide bonds. The van der Waals surface area contributed by atoms with Crippen LogP contribution in [-0.4, -0.2) is 73.0 Å². The van der Waals surface area contributed by atoms with Crippen molar-refractivity contribution in [2.45, 2.75) is 38.1 Å². The summed E-state index contributed by atoms with van der Waals surface area (Å²) in [6.07, 6.45) is 5.15. The van der Waals surface area contributed by atoms with Gasteiger partial charge in [-0.2, -0.15) is 0 Å². The molecule has 2 fully saturated rings. The summed E-state index contributed by atoms with van der Waals surface area (Å²) < 4.78 is 11.7. The molecule has 1 aromatic heterocycles. The number of rotatable bonds is 5. The number of amides is 2. The van der Waals surface area contributed by atoms with Gasteiger partial charge in [-0.25, -0.2) is 4.98 Å². The zero-order valence-corrected chi connectivity index (χ0v) is 22.2. The van der Waals surface area contributed by atoms with Crippen molar-refractivity contribution in [3.8, 4) is 5.75 Å². The van der Waals surface area contributed by atoms with Gasteiger partial charge in [-0.3, -0.25) is 14.7 Å². The lowest BCUT2D eigenvalue weighted by atomic mass is 9.72. The first-order valence-electron chi connectivity index (χ1n) is 13.6. The monoisotopic (exact) mass is 530 g/mol. The standard InChI is InChI=1S/C29H34N6O4/c1-34-23-8-7-21(35-13-9-29(10-14-35)11-15-38-16-12-29)18-24(23)39-19-22(28(34)37)30-27(36)26-31-25(32-33-26)17-20-5-3-2-4-6-20/h2-8,18,22H,9-17,19H2,1H3,(H,30,36)(H,31,32,33)/t22-/m0/s1. The van der Waals surface area contributed by atoms with E-state index in [4.69, 9.17) is 9.47 Å². The minimum atomic E-state index is -0.863. The van der Waals surface area contributed by atoms with Gasteiger partial charge in [0.05, 0.1) is 5.69 Å². The number of aromatic amines is 1. The second-order valence-electron chi connectivity index (χ2n) is 10.8.